The number of aliphatic hydroxyl groups excluding tert-OH is 1. The van der Waals surface area contributed by atoms with Crippen molar-refractivity contribution in [2.75, 3.05) is 33.0 Å². The van der Waals surface area contributed by atoms with Crippen LogP contribution in [-0.2, 0) is 19.1 Å². The Morgan fingerprint density at radius 2 is 1.39 bits per heavy atom. The minimum absolute atomic E-state index is 0.0255. The van der Waals surface area contributed by atoms with E-state index in [4.69, 9.17) is 24.1 Å². The lowest BCUT2D eigenvalue weighted by Gasteiger charge is -2.10. The van der Waals surface area contributed by atoms with E-state index in [1.165, 1.54) is 0 Å². The lowest BCUT2D eigenvalue weighted by molar-refractivity contribution is -0.140. The largest absolute Gasteiger partial charge is 0.493 e. The van der Waals surface area contributed by atoms with E-state index in [-0.39, 0.29) is 30.5 Å². The highest BCUT2D eigenvalue weighted by Crippen LogP contribution is 2.29. The molecule has 0 heterocycles. The first-order valence-corrected chi connectivity index (χ1v) is 14.6. The van der Waals surface area contributed by atoms with Gasteiger partial charge in [-0.15, -0.1) is 0 Å². The summed E-state index contributed by atoms with van der Waals surface area (Å²) < 4.78 is 21.2. The molecule has 0 aliphatic heterocycles. The molecule has 4 aromatic rings. The van der Waals surface area contributed by atoms with Crippen molar-refractivity contribution in [2.45, 2.75) is 11.3 Å². The van der Waals surface area contributed by atoms with E-state index in [9.17, 15) is 14.4 Å². The second kappa shape index (κ2) is 16.1. The first-order valence-electron chi connectivity index (χ1n) is 13.8. The molecule has 226 valence electrons. The molecule has 8 nitrogen and oxygen atoms in total. The molecule has 0 aliphatic carbocycles. The molecule has 44 heavy (non-hydrogen) atoms. The molecular formula is C35H32O8S. The Kier molecular flexibility index (Phi) is 11.7. The predicted octanol–water partition coefficient (Wildman–Crippen LogP) is 6.41. The second-order valence-corrected chi connectivity index (χ2v) is 10.5. The van der Waals surface area contributed by atoms with E-state index in [1.54, 1.807) is 12.1 Å². The first kappa shape index (κ1) is 32.1. The Morgan fingerprint density at radius 3 is 2.11 bits per heavy atom. The van der Waals surface area contributed by atoms with Gasteiger partial charge in [0.25, 0.3) is 0 Å². The predicted molar refractivity (Wildman–Crippen MR) is 170 cm³/mol. The molecule has 0 aromatic heterocycles. The normalized spacial score (nSPS) is 10.6. The number of carbonyl (C=O) groups is 3. The Bertz CT molecular complexity index is 1630. The summed E-state index contributed by atoms with van der Waals surface area (Å²) in [5, 5.41) is 10.9. The summed E-state index contributed by atoms with van der Waals surface area (Å²) >= 11 is 1.14. The molecule has 0 fully saturated rings. The van der Waals surface area contributed by atoms with Gasteiger partial charge in [0.05, 0.1) is 25.4 Å². The highest BCUT2D eigenvalue weighted by Gasteiger charge is 2.10. The van der Waals surface area contributed by atoms with Crippen LogP contribution in [0.2, 0.25) is 0 Å². The van der Waals surface area contributed by atoms with Gasteiger partial charge in [0.15, 0.2) is 0 Å². The van der Waals surface area contributed by atoms with E-state index in [0.29, 0.717) is 30.1 Å². The molecule has 0 atom stereocenters. The molecule has 4 aromatic carbocycles. The van der Waals surface area contributed by atoms with Gasteiger partial charge >= 0.3 is 11.9 Å². The topological polar surface area (TPSA) is 108 Å². The van der Waals surface area contributed by atoms with E-state index < -0.39 is 18.5 Å². The number of hydrogen-bond acceptors (Lipinski definition) is 9. The number of aliphatic hydroxyl groups is 1. The lowest BCUT2D eigenvalue weighted by Crippen LogP contribution is -2.12. The van der Waals surface area contributed by atoms with Crippen molar-refractivity contribution in [3.05, 3.63) is 115 Å². The van der Waals surface area contributed by atoms with E-state index in [1.807, 2.05) is 66.7 Å². The zero-order chi connectivity index (χ0) is 31.3. The highest BCUT2D eigenvalue weighted by molar-refractivity contribution is 8.14. The van der Waals surface area contributed by atoms with Gasteiger partial charge in [-0.1, -0.05) is 43.5 Å². The van der Waals surface area contributed by atoms with Crippen LogP contribution in [-0.4, -0.2) is 55.2 Å². The van der Waals surface area contributed by atoms with Crippen molar-refractivity contribution >= 4 is 39.6 Å². The SMILES string of the molecule is C=CC(=O)OCCOc1ccc(SC(=O)c2ccc(-c3ccc4cc(OCCCOC(=O)C(=C)CO)ccc4c3)cc2)cc1. The third kappa shape index (κ3) is 9.32. The molecule has 0 amide bonds. The molecule has 4 rings (SSSR count). The van der Waals surface area contributed by atoms with E-state index in [0.717, 1.165) is 44.6 Å². The summed E-state index contributed by atoms with van der Waals surface area (Å²) in [5.41, 5.74) is 2.64. The molecule has 0 saturated heterocycles. The maximum atomic E-state index is 12.9. The molecule has 0 bridgehead atoms. The number of rotatable bonds is 15. The standard InChI is InChI=1S/C35H32O8S/c1-3-33(37)42-20-19-41-30-13-15-32(16-14-30)44-35(39)26-7-5-25(6-8-26)27-9-10-29-22-31(12-11-28(29)21-27)40-17-4-18-43-34(38)24(2)23-36/h3,5-16,21-22,36H,1-2,4,17-20,23H2. The summed E-state index contributed by atoms with van der Waals surface area (Å²) in [7, 11) is 0. The molecular weight excluding hydrogens is 580 g/mol. The zero-order valence-corrected chi connectivity index (χ0v) is 24.8. The number of benzene rings is 4. The van der Waals surface area contributed by atoms with E-state index >= 15 is 0 Å². The highest BCUT2D eigenvalue weighted by atomic mass is 32.2. The average molecular weight is 613 g/mol. The molecule has 0 spiro atoms. The first-order chi connectivity index (χ1) is 21.4. The smallest absolute Gasteiger partial charge is 0.335 e. The molecule has 9 heteroatoms. The van der Waals surface area contributed by atoms with Crippen LogP contribution in [0.1, 0.15) is 16.8 Å². The second-order valence-electron chi connectivity index (χ2n) is 9.48. The van der Waals surface area contributed by atoms with Gasteiger partial charge < -0.3 is 24.1 Å². The fraction of sp³-hybridized carbons (Fsp3) is 0.171. The van der Waals surface area contributed by atoms with Crippen molar-refractivity contribution in [3.63, 3.8) is 0 Å². The van der Waals surface area contributed by atoms with Crippen LogP contribution in [0.15, 0.2) is 115 Å². The summed E-state index contributed by atoms with van der Waals surface area (Å²) in [5.74, 6) is 0.226. The molecule has 0 radical (unpaired) electrons. The van der Waals surface area contributed by atoms with Gasteiger partial charge in [-0.25, -0.2) is 9.59 Å². The maximum absolute atomic E-state index is 12.9. The third-order valence-electron chi connectivity index (χ3n) is 6.33. The van der Waals surface area contributed by atoms with Gasteiger partial charge in [-0.3, -0.25) is 4.79 Å². The van der Waals surface area contributed by atoms with Crippen molar-refractivity contribution in [1.82, 2.24) is 0 Å². The fourth-order valence-electron chi connectivity index (χ4n) is 4.00. The van der Waals surface area contributed by atoms with Crippen LogP contribution >= 0.6 is 11.8 Å². The number of hydrogen-bond donors (Lipinski definition) is 1. The minimum Gasteiger partial charge on any atom is -0.493 e. The monoisotopic (exact) mass is 612 g/mol. The van der Waals surface area contributed by atoms with Crippen molar-refractivity contribution in [1.29, 1.82) is 0 Å². The van der Waals surface area contributed by atoms with Crippen LogP contribution in [0.4, 0.5) is 0 Å². The molecule has 1 N–H and O–H groups in total. The van der Waals surface area contributed by atoms with Crippen molar-refractivity contribution in [3.8, 4) is 22.6 Å². The number of carbonyl (C=O) groups excluding carboxylic acids is 3. The summed E-state index contributed by atoms with van der Waals surface area (Å²) in [4.78, 5) is 36.2. The van der Waals surface area contributed by atoms with Crippen LogP contribution in [0.5, 0.6) is 11.5 Å². The summed E-state index contributed by atoms with van der Waals surface area (Å²) in [6.45, 7) is 7.25. The molecule has 0 saturated carbocycles. The van der Waals surface area contributed by atoms with Gasteiger partial charge in [0, 0.05) is 23.0 Å². The van der Waals surface area contributed by atoms with Gasteiger partial charge in [-0.2, -0.15) is 0 Å². The average Bonchev–Trinajstić information content (AvgIpc) is 3.06. The molecule has 0 aliphatic rings. The Morgan fingerprint density at radius 1 is 0.727 bits per heavy atom. The lowest BCUT2D eigenvalue weighted by atomic mass is 10.0. The number of fused-ring (bicyclic) bond motifs is 1. The van der Waals surface area contributed by atoms with Crippen LogP contribution in [0.3, 0.4) is 0 Å². The number of ether oxygens (including phenoxy) is 4. The summed E-state index contributed by atoms with van der Waals surface area (Å²) in [6, 6.07) is 26.6. The Hall–Kier alpha value is -4.86. The van der Waals surface area contributed by atoms with Gasteiger partial charge in [0.2, 0.25) is 5.12 Å². The Balaban J connectivity index is 1.27. The number of thioether (sulfide) groups is 1. The van der Waals surface area contributed by atoms with Gasteiger partial charge in [-0.05, 0) is 88.3 Å². The quantitative estimate of drug-likeness (QED) is 0.0705. The van der Waals surface area contributed by atoms with Crippen LogP contribution in [0, 0.1) is 0 Å². The van der Waals surface area contributed by atoms with Crippen LogP contribution < -0.4 is 9.47 Å². The third-order valence-corrected chi connectivity index (χ3v) is 7.26. The van der Waals surface area contributed by atoms with Gasteiger partial charge in [0.1, 0.15) is 24.7 Å². The fourth-order valence-corrected chi connectivity index (χ4v) is 4.74. The van der Waals surface area contributed by atoms with Crippen molar-refractivity contribution < 1.29 is 38.4 Å². The van der Waals surface area contributed by atoms with Crippen molar-refractivity contribution in [2.24, 2.45) is 0 Å². The molecule has 0 unspecified atom stereocenters. The minimum atomic E-state index is -0.605. The number of esters is 2. The summed E-state index contributed by atoms with van der Waals surface area (Å²) in [6.07, 6.45) is 1.61. The zero-order valence-electron chi connectivity index (χ0n) is 24.0. The maximum Gasteiger partial charge on any atom is 0.335 e. The van der Waals surface area contributed by atoms with E-state index in [2.05, 4.69) is 19.2 Å². The Labute approximate surface area is 259 Å². The van der Waals surface area contributed by atoms with Crippen LogP contribution in [0.25, 0.3) is 21.9 Å².